The third-order valence-electron chi connectivity index (χ3n) is 2.88. The Kier molecular flexibility index (Phi) is 5.66. The Morgan fingerprint density at radius 1 is 1.06 bits per heavy atom. The largest absolute Gasteiger partial charge is 0.391 e. The van der Waals surface area contributed by atoms with Crippen LogP contribution in [-0.4, -0.2) is 23.8 Å². The molecule has 0 saturated carbocycles. The normalized spacial score (nSPS) is 13.4. The lowest BCUT2D eigenvalue weighted by molar-refractivity contribution is 0.169. The maximum atomic E-state index is 9.87. The number of benzene rings is 1. The van der Waals surface area contributed by atoms with Gasteiger partial charge in [-0.15, -0.1) is 0 Å². The van der Waals surface area contributed by atoms with Crippen molar-refractivity contribution >= 4 is 0 Å². The van der Waals surface area contributed by atoms with Crippen molar-refractivity contribution in [1.82, 2.24) is 5.32 Å². The van der Waals surface area contributed by atoms with Crippen LogP contribution >= 0.6 is 0 Å². The minimum atomic E-state index is -0.303. The average Bonchev–Trinajstić information content (AvgIpc) is 2.27. The van der Waals surface area contributed by atoms with Crippen molar-refractivity contribution in [3.8, 4) is 0 Å². The highest BCUT2D eigenvalue weighted by molar-refractivity contribution is 5.25. The Morgan fingerprint density at radius 3 is 2.12 bits per heavy atom. The number of hydrogen-bond donors (Lipinski definition) is 2. The summed E-state index contributed by atoms with van der Waals surface area (Å²) in [5.41, 5.74) is 2.55. The zero-order chi connectivity index (χ0) is 12.8. The summed E-state index contributed by atoms with van der Waals surface area (Å²) >= 11 is 0. The first-order valence-electron chi connectivity index (χ1n) is 6.49. The molecule has 1 unspecified atom stereocenters. The number of nitrogens with one attached hydrogen (secondary N) is 1. The van der Waals surface area contributed by atoms with E-state index in [4.69, 9.17) is 0 Å². The molecule has 0 spiro atoms. The highest BCUT2D eigenvalue weighted by atomic mass is 16.3. The van der Waals surface area contributed by atoms with Gasteiger partial charge in [-0.2, -0.15) is 0 Å². The maximum Gasteiger partial charge on any atom is 0.0704 e. The highest BCUT2D eigenvalue weighted by Gasteiger charge is 2.06. The van der Waals surface area contributed by atoms with Crippen molar-refractivity contribution in [3.05, 3.63) is 35.4 Å². The molecule has 1 atom stereocenters. The number of aliphatic hydroxyl groups is 1. The quantitative estimate of drug-likeness (QED) is 0.794. The Morgan fingerprint density at radius 2 is 1.65 bits per heavy atom. The van der Waals surface area contributed by atoms with Gasteiger partial charge in [0.25, 0.3) is 0 Å². The summed E-state index contributed by atoms with van der Waals surface area (Å²) in [6.07, 6.45) is 0.417. The topological polar surface area (TPSA) is 32.3 Å². The van der Waals surface area contributed by atoms with Gasteiger partial charge in [-0.3, -0.25) is 0 Å². The van der Waals surface area contributed by atoms with Crippen LogP contribution in [0, 0.1) is 0 Å². The lowest BCUT2D eigenvalue weighted by Gasteiger charge is -2.14. The van der Waals surface area contributed by atoms with Crippen molar-refractivity contribution in [2.75, 3.05) is 6.54 Å². The predicted molar refractivity (Wildman–Crippen MR) is 73.4 cm³/mol. The van der Waals surface area contributed by atoms with Gasteiger partial charge in [0.2, 0.25) is 0 Å². The lowest BCUT2D eigenvalue weighted by atomic mass is 10.00. The molecule has 0 aliphatic rings. The van der Waals surface area contributed by atoms with Crippen LogP contribution in [0.15, 0.2) is 24.3 Å². The molecule has 0 aliphatic heterocycles. The van der Waals surface area contributed by atoms with Gasteiger partial charge < -0.3 is 10.4 Å². The second kappa shape index (κ2) is 6.77. The zero-order valence-corrected chi connectivity index (χ0v) is 11.4. The van der Waals surface area contributed by atoms with Gasteiger partial charge in [0.15, 0.2) is 0 Å². The standard InChI is InChI=1S/C15H25NO/c1-11(2)14-7-5-13(6-8-14)9-15(17)10-16-12(3)4/h5-8,11-12,15-17H,9-10H2,1-4H3. The fourth-order valence-electron chi connectivity index (χ4n) is 1.75. The molecule has 17 heavy (non-hydrogen) atoms. The molecule has 0 radical (unpaired) electrons. The molecule has 0 saturated heterocycles. The van der Waals surface area contributed by atoms with Crippen molar-refractivity contribution < 1.29 is 5.11 Å². The molecule has 0 amide bonds. The molecule has 1 aromatic carbocycles. The highest BCUT2D eigenvalue weighted by Crippen LogP contribution is 2.15. The van der Waals surface area contributed by atoms with Crippen molar-refractivity contribution in [2.24, 2.45) is 0 Å². The summed E-state index contributed by atoms with van der Waals surface area (Å²) in [4.78, 5) is 0. The molecule has 2 nitrogen and oxygen atoms in total. The Labute approximate surface area is 105 Å². The summed E-state index contributed by atoms with van der Waals surface area (Å²) < 4.78 is 0. The van der Waals surface area contributed by atoms with Crippen LogP contribution in [0.5, 0.6) is 0 Å². The van der Waals surface area contributed by atoms with Gasteiger partial charge in [-0.25, -0.2) is 0 Å². The van der Waals surface area contributed by atoms with Crippen LogP contribution in [0.4, 0.5) is 0 Å². The van der Waals surface area contributed by atoms with Crippen LogP contribution in [0.1, 0.15) is 44.7 Å². The number of aliphatic hydroxyl groups excluding tert-OH is 1. The van der Waals surface area contributed by atoms with Crippen LogP contribution in [0.2, 0.25) is 0 Å². The number of rotatable bonds is 6. The Hall–Kier alpha value is -0.860. The third kappa shape index (κ3) is 5.33. The summed E-state index contributed by atoms with van der Waals surface area (Å²) in [6.45, 7) is 9.21. The molecule has 0 aromatic heterocycles. The fourth-order valence-corrected chi connectivity index (χ4v) is 1.75. The van der Waals surface area contributed by atoms with Gasteiger partial charge in [0.05, 0.1) is 6.10 Å². The van der Waals surface area contributed by atoms with Crippen molar-refractivity contribution in [2.45, 2.75) is 52.2 Å². The van der Waals surface area contributed by atoms with Gasteiger partial charge >= 0.3 is 0 Å². The van der Waals surface area contributed by atoms with Gasteiger partial charge in [-0.1, -0.05) is 52.0 Å². The van der Waals surface area contributed by atoms with Gasteiger partial charge in [0.1, 0.15) is 0 Å². The van der Waals surface area contributed by atoms with E-state index in [0.717, 1.165) is 6.42 Å². The molecule has 1 aromatic rings. The number of hydrogen-bond acceptors (Lipinski definition) is 2. The third-order valence-corrected chi connectivity index (χ3v) is 2.88. The SMILES string of the molecule is CC(C)NCC(O)Cc1ccc(C(C)C)cc1. The summed E-state index contributed by atoms with van der Waals surface area (Å²) in [5.74, 6) is 0.566. The van der Waals surface area contributed by atoms with Gasteiger partial charge in [-0.05, 0) is 23.5 Å². The molecular weight excluding hydrogens is 210 g/mol. The molecule has 0 aliphatic carbocycles. The van der Waals surface area contributed by atoms with Crippen molar-refractivity contribution in [3.63, 3.8) is 0 Å². The van der Waals surface area contributed by atoms with E-state index in [1.807, 2.05) is 0 Å². The second-order valence-corrected chi connectivity index (χ2v) is 5.32. The predicted octanol–water partition coefficient (Wildman–Crippen LogP) is 2.71. The molecule has 0 fully saturated rings. The molecule has 0 heterocycles. The van der Waals surface area contributed by atoms with Crippen LogP contribution < -0.4 is 5.32 Å². The van der Waals surface area contributed by atoms with E-state index in [0.29, 0.717) is 18.5 Å². The van der Waals surface area contributed by atoms with E-state index in [-0.39, 0.29) is 6.10 Å². The second-order valence-electron chi connectivity index (χ2n) is 5.32. The summed E-state index contributed by atoms with van der Waals surface area (Å²) in [6, 6.07) is 8.97. The first-order chi connectivity index (χ1) is 7.99. The molecule has 2 heteroatoms. The smallest absolute Gasteiger partial charge is 0.0704 e. The first-order valence-corrected chi connectivity index (χ1v) is 6.49. The Bertz CT molecular complexity index is 316. The lowest BCUT2D eigenvalue weighted by Crippen LogP contribution is -2.33. The molecule has 0 bridgehead atoms. The van der Waals surface area contributed by atoms with Crippen molar-refractivity contribution in [1.29, 1.82) is 0 Å². The van der Waals surface area contributed by atoms with E-state index in [2.05, 4.69) is 57.3 Å². The molecular formula is C15H25NO. The van der Waals surface area contributed by atoms with Crippen LogP contribution in [0.3, 0.4) is 0 Å². The van der Waals surface area contributed by atoms with E-state index in [1.54, 1.807) is 0 Å². The maximum absolute atomic E-state index is 9.87. The van der Waals surface area contributed by atoms with Gasteiger partial charge in [0, 0.05) is 12.6 Å². The molecule has 1 rings (SSSR count). The van der Waals surface area contributed by atoms with E-state index in [9.17, 15) is 5.11 Å². The monoisotopic (exact) mass is 235 g/mol. The van der Waals surface area contributed by atoms with Crippen LogP contribution in [0.25, 0.3) is 0 Å². The average molecular weight is 235 g/mol. The zero-order valence-electron chi connectivity index (χ0n) is 11.4. The Balaban J connectivity index is 2.45. The minimum absolute atomic E-state index is 0.303. The summed E-state index contributed by atoms with van der Waals surface area (Å²) in [7, 11) is 0. The summed E-state index contributed by atoms with van der Waals surface area (Å²) in [5, 5.41) is 13.1. The molecule has 2 N–H and O–H groups in total. The first kappa shape index (κ1) is 14.2. The molecule has 96 valence electrons. The van der Waals surface area contributed by atoms with E-state index < -0.39 is 0 Å². The van der Waals surface area contributed by atoms with E-state index >= 15 is 0 Å². The van der Waals surface area contributed by atoms with E-state index in [1.165, 1.54) is 11.1 Å². The fraction of sp³-hybridized carbons (Fsp3) is 0.600. The minimum Gasteiger partial charge on any atom is -0.391 e. The van der Waals surface area contributed by atoms with Crippen LogP contribution in [-0.2, 0) is 6.42 Å².